The van der Waals surface area contributed by atoms with Gasteiger partial charge in [0.15, 0.2) is 0 Å². The van der Waals surface area contributed by atoms with Crippen LogP contribution in [0.15, 0.2) is 54.6 Å². The molecule has 206 valence electrons. The third-order valence-electron chi connectivity index (χ3n) is 7.18. The normalized spacial score (nSPS) is 16.1. The highest BCUT2D eigenvalue weighted by Gasteiger charge is 2.33. The maximum Gasteiger partial charge on any atom is 0.317 e. The van der Waals surface area contributed by atoms with E-state index in [-0.39, 0.29) is 23.9 Å². The van der Waals surface area contributed by atoms with E-state index in [0.29, 0.717) is 38.2 Å². The molecule has 2 aromatic rings. The lowest BCUT2D eigenvalue weighted by atomic mass is 10.0. The van der Waals surface area contributed by atoms with Crippen LogP contribution < -0.4 is 10.6 Å². The third-order valence-corrected chi connectivity index (χ3v) is 7.18. The summed E-state index contributed by atoms with van der Waals surface area (Å²) in [5.41, 5.74) is 2.76. The van der Waals surface area contributed by atoms with Gasteiger partial charge in [-0.3, -0.25) is 9.59 Å². The first kappa shape index (κ1) is 29.2. The third kappa shape index (κ3) is 8.61. The van der Waals surface area contributed by atoms with Crippen molar-refractivity contribution in [3.8, 4) is 0 Å². The summed E-state index contributed by atoms with van der Waals surface area (Å²) >= 11 is 0. The molecule has 0 spiro atoms. The van der Waals surface area contributed by atoms with E-state index in [9.17, 15) is 14.4 Å². The van der Waals surface area contributed by atoms with Crippen LogP contribution in [0.1, 0.15) is 74.4 Å². The van der Waals surface area contributed by atoms with E-state index in [2.05, 4.69) is 24.5 Å². The second-order valence-corrected chi connectivity index (χ2v) is 10.3. The molecule has 2 atom stereocenters. The van der Waals surface area contributed by atoms with Crippen LogP contribution in [-0.4, -0.2) is 65.9 Å². The van der Waals surface area contributed by atoms with Crippen molar-refractivity contribution in [2.45, 2.75) is 77.8 Å². The number of hydrogen-bond acceptors (Lipinski definition) is 3. The number of rotatable bonds is 12. The van der Waals surface area contributed by atoms with Crippen molar-refractivity contribution in [1.29, 1.82) is 0 Å². The lowest BCUT2D eigenvalue weighted by Crippen LogP contribution is -2.60. The zero-order chi connectivity index (χ0) is 27.3. The van der Waals surface area contributed by atoms with Gasteiger partial charge in [0.1, 0.15) is 6.04 Å². The quantitative estimate of drug-likeness (QED) is 0.395. The summed E-state index contributed by atoms with van der Waals surface area (Å²) < 4.78 is 0. The number of unbranched alkanes of at least 4 members (excludes halogenated alkanes) is 3. The first-order chi connectivity index (χ1) is 18.4. The molecule has 0 radical (unpaired) electrons. The van der Waals surface area contributed by atoms with Crippen LogP contribution in [0.25, 0.3) is 0 Å². The van der Waals surface area contributed by atoms with E-state index >= 15 is 0 Å². The Hall–Kier alpha value is -3.35. The molecule has 2 aromatic carbocycles. The van der Waals surface area contributed by atoms with Crippen LogP contribution in [0, 0.1) is 0 Å². The number of nitrogens with one attached hydrogen (secondary N) is 2. The average molecular weight is 521 g/mol. The molecule has 1 fully saturated rings. The number of aryl methyl sites for hydroxylation is 1. The van der Waals surface area contributed by atoms with Crippen LogP contribution in [-0.2, 0) is 17.6 Å². The Bertz CT molecular complexity index is 1030. The molecule has 0 saturated carbocycles. The summed E-state index contributed by atoms with van der Waals surface area (Å²) in [6, 6.07) is 16.6. The monoisotopic (exact) mass is 520 g/mol. The molecule has 1 aliphatic rings. The molecular weight excluding hydrogens is 476 g/mol. The lowest BCUT2D eigenvalue weighted by Gasteiger charge is -2.41. The minimum Gasteiger partial charge on any atom is -0.340 e. The number of piperazine rings is 1. The van der Waals surface area contributed by atoms with Crippen LogP contribution in [0.3, 0.4) is 0 Å². The van der Waals surface area contributed by atoms with Crippen molar-refractivity contribution in [3.05, 3.63) is 71.3 Å². The molecule has 3 rings (SSSR count). The topological polar surface area (TPSA) is 81.8 Å². The number of carbonyl (C=O) groups is 3. The standard InChI is InChI=1S/C31H44N4O3/c1-4-6-9-12-25-15-17-27(18-16-25)29(36)33-28(22-26-13-10-8-11-14-26)30(37)34-20-21-35(24(3)23-34)31(38)32-19-7-5-2/h8,10-11,13-18,24,28H,4-7,9,12,19-23H2,1-3H3,(H,32,38)(H,33,36). The molecule has 2 unspecified atom stereocenters. The average Bonchev–Trinajstić information content (AvgIpc) is 2.93. The fourth-order valence-electron chi connectivity index (χ4n) is 4.85. The summed E-state index contributed by atoms with van der Waals surface area (Å²) in [6.07, 6.45) is 6.90. The molecule has 4 amide bonds. The molecule has 0 aromatic heterocycles. The number of carbonyl (C=O) groups excluding carboxylic acids is 3. The van der Waals surface area contributed by atoms with Gasteiger partial charge in [-0.1, -0.05) is 75.6 Å². The smallest absolute Gasteiger partial charge is 0.317 e. The van der Waals surface area contributed by atoms with Gasteiger partial charge in [0.2, 0.25) is 5.91 Å². The second kappa shape index (κ2) is 15.2. The SMILES string of the molecule is CCCCCc1ccc(C(=O)NC(Cc2ccccc2)C(=O)N2CCN(C(=O)NCCCC)C(C)C2)cc1. The second-order valence-electron chi connectivity index (χ2n) is 10.3. The highest BCUT2D eigenvalue weighted by Crippen LogP contribution is 2.15. The predicted octanol–water partition coefficient (Wildman–Crippen LogP) is 4.80. The minimum absolute atomic E-state index is 0.0784. The number of amides is 4. The number of benzene rings is 2. The molecule has 38 heavy (non-hydrogen) atoms. The first-order valence-electron chi connectivity index (χ1n) is 14.2. The Labute approximate surface area is 228 Å². The van der Waals surface area contributed by atoms with E-state index in [1.807, 2.05) is 61.5 Å². The molecule has 1 heterocycles. The molecular formula is C31H44N4O3. The summed E-state index contributed by atoms with van der Waals surface area (Å²) in [6.45, 7) is 8.25. The van der Waals surface area contributed by atoms with Gasteiger partial charge in [0.05, 0.1) is 0 Å². The maximum absolute atomic E-state index is 13.7. The summed E-state index contributed by atoms with van der Waals surface area (Å²) in [5, 5.41) is 5.98. The summed E-state index contributed by atoms with van der Waals surface area (Å²) in [5.74, 6) is -0.363. The van der Waals surface area contributed by atoms with Gasteiger partial charge in [-0.15, -0.1) is 0 Å². The highest BCUT2D eigenvalue weighted by atomic mass is 16.2. The van der Waals surface area contributed by atoms with Crippen molar-refractivity contribution >= 4 is 17.8 Å². The van der Waals surface area contributed by atoms with Gasteiger partial charge in [-0.25, -0.2) is 4.79 Å². The Morgan fingerprint density at radius 1 is 0.895 bits per heavy atom. The fourth-order valence-corrected chi connectivity index (χ4v) is 4.85. The molecule has 7 heteroatoms. The van der Waals surface area contributed by atoms with E-state index in [1.54, 1.807) is 9.80 Å². The summed E-state index contributed by atoms with van der Waals surface area (Å²) in [7, 11) is 0. The molecule has 0 aliphatic carbocycles. The Kier molecular flexibility index (Phi) is 11.7. The number of hydrogen-bond donors (Lipinski definition) is 2. The Morgan fingerprint density at radius 3 is 2.26 bits per heavy atom. The maximum atomic E-state index is 13.7. The Balaban J connectivity index is 1.66. The van der Waals surface area contributed by atoms with Gasteiger partial charge in [-0.2, -0.15) is 0 Å². The Morgan fingerprint density at radius 2 is 1.61 bits per heavy atom. The van der Waals surface area contributed by atoms with Crippen molar-refractivity contribution in [2.75, 3.05) is 26.2 Å². The van der Waals surface area contributed by atoms with E-state index in [4.69, 9.17) is 0 Å². The van der Waals surface area contributed by atoms with Crippen molar-refractivity contribution in [3.63, 3.8) is 0 Å². The lowest BCUT2D eigenvalue weighted by molar-refractivity contribution is -0.135. The van der Waals surface area contributed by atoms with Crippen LogP contribution in [0.5, 0.6) is 0 Å². The van der Waals surface area contributed by atoms with Crippen molar-refractivity contribution < 1.29 is 14.4 Å². The molecule has 7 nitrogen and oxygen atoms in total. The minimum atomic E-state index is -0.689. The zero-order valence-corrected chi connectivity index (χ0v) is 23.2. The molecule has 1 aliphatic heterocycles. The highest BCUT2D eigenvalue weighted by molar-refractivity contribution is 5.97. The van der Waals surface area contributed by atoms with Crippen molar-refractivity contribution in [2.24, 2.45) is 0 Å². The fraction of sp³-hybridized carbons (Fsp3) is 0.516. The van der Waals surface area contributed by atoms with Gasteiger partial charge in [-0.05, 0) is 49.4 Å². The number of nitrogens with zero attached hydrogens (tertiary/aromatic N) is 2. The first-order valence-corrected chi connectivity index (χ1v) is 14.2. The van der Waals surface area contributed by atoms with E-state index < -0.39 is 6.04 Å². The number of urea groups is 1. The van der Waals surface area contributed by atoms with Gasteiger partial charge < -0.3 is 20.4 Å². The predicted molar refractivity (Wildman–Crippen MR) is 152 cm³/mol. The summed E-state index contributed by atoms with van der Waals surface area (Å²) in [4.78, 5) is 43.1. The molecule has 1 saturated heterocycles. The molecule has 0 bridgehead atoms. The molecule has 2 N–H and O–H groups in total. The van der Waals surface area contributed by atoms with E-state index in [1.165, 1.54) is 18.4 Å². The van der Waals surface area contributed by atoms with Crippen LogP contribution in [0.4, 0.5) is 4.79 Å². The van der Waals surface area contributed by atoms with Gasteiger partial charge in [0, 0.05) is 44.2 Å². The van der Waals surface area contributed by atoms with E-state index in [0.717, 1.165) is 31.2 Å². The zero-order valence-electron chi connectivity index (χ0n) is 23.2. The van der Waals surface area contributed by atoms with Crippen LogP contribution in [0.2, 0.25) is 0 Å². The van der Waals surface area contributed by atoms with Crippen LogP contribution >= 0.6 is 0 Å². The van der Waals surface area contributed by atoms with Gasteiger partial charge >= 0.3 is 6.03 Å². The van der Waals surface area contributed by atoms with Crippen molar-refractivity contribution in [1.82, 2.24) is 20.4 Å². The van der Waals surface area contributed by atoms with Gasteiger partial charge in [0.25, 0.3) is 5.91 Å². The largest absolute Gasteiger partial charge is 0.340 e.